The van der Waals surface area contributed by atoms with Crippen molar-refractivity contribution in [2.75, 3.05) is 0 Å². The average molecular weight is 150 g/mol. The molecule has 1 aliphatic rings. The fourth-order valence-corrected chi connectivity index (χ4v) is 1.90. The molecule has 0 aromatic rings. The Balaban J connectivity index is 2.62. The molecule has 11 heavy (non-hydrogen) atoms. The van der Waals surface area contributed by atoms with E-state index >= 15 is 0 Å². The maximum absolute atomic E-state index is 3.84. The van der Waals surface area contributed by atoms with Crippen molar-refractivity contribution in [1.82, 2.24) is 0 Å². The summed E-state index contributed by atoms with van der Waals surface area (Å²) in [6, 6.07) is 0. The predicted octanol–water partition coefficient (Wildman–Crippen LogP) is 3.55. The van der Waals surface area contributed by atoms with Gasteiger partial charge in [0, 0.05) is 0 Å². The van der Waals surface area contributed by atoms with Gasteiger partial charge in [-0.1, -0.05) is 32.6 Å². The largest absolute Gasteiger partial charge is 0.0988 e. The molecule has 0 aromatic heterocycles. The molecule has 0 bridgehead atoms. The number of hydrogen-bond donors (Lipinski definition) is 0. The van der Waals surface area contributed by atoms with Gasteiger partial charge in [-0.15, -0.1) is 0 Å². The van der Waals surface area contributed by atoms with E-state index in [2.05, 4.69) is 26.5 Å². The molecule has 62 valence electrons. The Morgan fingerprint density at radius 1 is 1.55 bits per heavy atom. The molecule has 2 unspecified atom stereocenters. The summed E-state index contributed by atoms with van der Waals surface area (Å²) < 4.78 is 0. The minimum Gasteiger partial charge on any atom is -0.0988 e. The van der Waals surface area contributed by atoms with Crippen molar-refractivity contribution in [3.05, 3.63) is 24.3 Å². The van der Waals surface area contributed by atoms with Gasteiger partial charge >= 0.3 is 0 Å². The van der Waals surface area contributed by atoms with Crippen LogP contribution in [-0.2, 0) is 0 Å². The van der Waals surface area contributed by atoms with Crippen molar-refractivity contribution >= 4 is 0 Å². The first kappa shape index (κ1) is 8.58. The smallest absolute Gasteiger partial charge is 0.0162 e. The first-order chi connectivity index (χ1) is 5.31. The summed E-state index contributed by atoms with van der Waals surface area (Å²) >= 11 is 0. The second-order valence-electron chi connectivity index (χ2n) is 3.38. The molecule has 0 amide bonds. The molecule has 1 aliphatic carbocycles. The van der Waals surface area contributed by atoms with Gasteiger partial charge in [0.05, 0.1) is 0 Å². The van der Waals surface area contributed by atoms with Crippen molar-refractivity contribution in [2.45, 2.75) is 33.1 Å². The zero-order valence-corrected chi connectivity index (χ0v) is 7.64. The topological polar surface area (TPSA) is 0 Å². The lowest BCUT2D eigenvalue weighted by Gasteiger charge is -2.09. The van der Waals surface area contributed by atoms with Crippen molar-refractivity contribution in [2.24, 2.45) is 11.8 Å². The molecule has 2 atom stereocenters. The van der Waals surface area contributed by atoms with Gasteiger partial charge in [-0.25, -0.2) is 0 Å². The Hall–Kier alpha value is -0.520. The van der Waals surface area contributed by atoms with Crippen molar-refractivity contribution in [3.63, 3.8) is 0 Å². The zero-order chi connectivity index (χ0) is 8.27. The fraction of sp³-hybridized carbons (Fsp3) is 0.636. The molecule has 0 saturated carbocycles. The molecule has 0 heteroatoms. The molecular weight excluding hydrogens is 132 g/mol. The second-order valence-corrected chi connectivity index (χ2v) is 3.38. The molecule has 0 nitrogen and oxygen atoms in total. The molecule has 0 radical (unpaired) electrons. The summed E-state index contributed by atoms with van der Waals surface area (Å²) in [6.45, 7) is 8.37. The van der Waals surface area contributed by atoms with E-state index in [0.29, 0.717) is 0 Å². The van der Waals surface area contributed by atoms with Crippen LogP contribution in [0.15, 0.2) is 24.3 Å². The van der Waals surface area contributed by atoms with Crippen molar-refractivity contribution < 1.29 is 0 Å². The Morgan fingerprint density at radius 3 is 2.64 bits per heavy atom. The maximum atomic E-state index is 3.84. The average Bonchev–Trinajstić information content (AvgIpc) is 2.46. The van der Waals surface area contributed by atoms with E-state index in [1.54, 1.807) is 0 Å². The third-order valence-electron chi connectivity index (χ3n) is 2.74. The van der Waals surface area contributed by atoms with Crippen LogP contribution in [0.25, 0.3) is 0 Å². The first-order valence-electron chi connectivity index (χ1n) is 4.65. The van der Waals surface area contributed by atoms with Crippen molar-refractivity contribution in [3.8, 4) is 0 Å². The highest BCUT2D eigenvalue weighted by atomic mass is 14.3. The highest BCUT2D eigenvalue weighted by Gasteiger charge is 2.21. The summed E-state index contributed by atoms with van der Waals surface area (Å²) in [5.74, 6) is 1.63. The van der Waals surface area contributed by atoms with Gasteiger partial charge in [-0.05, 0) is 36.7 Å². The van der Waals surface area contributed by atoms with E-state index in [-0.39, 0.29) is 0 Å². The standard InChI is InChI=1S/C11H18/c1-4-9-7-10(5-2)11(6-3)8-9/h5,7,9,11H,2,4,6,8H2,1,3H3. The SMILES string of the molecule is C=CC1=CC(CC)CC1CC. The maximum Gasteiger partial charge on any atom is -0.0162 e. The molecule has 0 heterocycles. The number of allylic oxidation sites excluding steroid dienone is 3. The lowest BCUT2D eigenvalue weighted by molar-refractivity contribution is 0.494. The summed E-state index contributed by atoms with van der Waals surface area (Å²) in [6.07, 6.45) is 8.35. The quantitative estimate of drug-likeness (QED) is 0.577. The van der Waals surface area contributed by atoms with E-state index in [4.69, 9.17) is 0 Å². The van der Waals surface area contributed by atoms with E-state index in [9.17, 15) is 0 Å². The fourth-order valence-electron chi connectivity index (χ4n) is 1.90. The van der Waals surface area contributed by atoms with Crippen LogP contribution in [0, 0.1) is 11.8 Å². The highest BCUT2D eigenvalue weighted by molar-refractivity contribution is 5.25. The van der Waals surface area contributed by atoms with Crippen LogP contribution in [0.3, 0.4) is 0 Å². The Kier molecular flexibility index (Phi) is 2.92. The monoisotopic (exact) mass is 150 g/mol. The second kappa shape index (κ2) is 3.75. The normalized spacial score (nSPS) is 30.2. The molecule has 0 saturated heterocycles. The van der Waals surface area contributed by atoms with Crippen LogP contribution in [0.4, 0.5) is 0 Å². The number of hydrogen-bond acceptors (Lipinski definition) is 0. The molecule has 0 aliphatic heterocycles. The third-order valence-corrected chi connectivity index (χ3v) is 2.74. The molecule has 0 fully saturated rings. The van der Waals surface area contributed by atoms with Gasteiger partial charge in [0.2, 0.25) is 0 Å². The van der Waals surface area contributed by atoms with Gasteiger partial charge in [-0.3, -0.25) is 0 Å². The van der Waals surface area contributed by atoms with Crippen LogP contribution in [0.5, 0.6) is 0 Å². The van der Waals surface area contributed by atoms with Gasteiger partial charge in [0.25, 0.3) is 0 Å². The minimum atomic E-state index is 0.803. The summed E-state index contributed by atoms with van der Waals surface area (Å²) in [4.78, 5) is 0. The Morgan fingerprint density at radius 2 is 2.27 bits per heavy atom. The zero-order valence-electron chi connectivity index (χ0n) is 7.64. The van der Waals surface area contributed by atoms with E-state index < -0.39 is 0 Å². The van der Waals surface area contributed by atoms with Crippen molar-refractivity contribution in [1.29, 1.82) is 0 Å². The van der Waals surface area contributed by atoms with Crippen LogP contribution in [0.1, 0.15) is 33.1 Å². The van der Waals surface area contributed by atoms with Crippen LogP contribution >= 0.6 is 0 Å². The molecule has 1 rings (SSSR count). The minimum absolute atomic E-state index is 0.803. The van der Waals surface area contributed by atoms with Crippen LogP contribution in [0.2, 0.25) is 0 Å². The van der Waals surface area contributed by atoms with Gasteiger partial charge < -0.3 is 0 Å². The Labute approximate surface area is 70.0 Å². The van der Waals surface area contributed by atoms with Crippen LogP contribution in [-0.4, -0.2) is 0 Å². The van der Waals surface area contributed by atoms with Gasteiger partial charge in [0.1, 0.15) is 0 Å². The van der Waals surface area contributed by atoms with E-state index in [1.807, 2.05) is 6.08 Å². The summed E-state index contributed by atoms with van der Waals surface area (Å²) in [5.41, 5.74) is 1.49. The molecule has 0 aromatic carbocycles. The lowest BCUT2D eigenvalue weighted by atomic mass is 9.96. The third kappa shape index (κ3) is 1.74. The molecule has 0 N–H and O–H groups in total. The predicted molar refractivity (Wildman–Crippen MR) is 50.5 cm³/mol. The van der Waals surface area contributed by atoms with E-state index in [0.717, 1.165) is 11.8 Å². The van der Waals surface area contributed by atoms with E-state index in [1.165, 1.54) is 24.8 Å². The Bertz CT molecular complexity index is 165. The number of rotatable bonds is 3. The van der Waals surface area contributed by atoms with Gasteiger partial charge in [0.15, 0.2) is 0 Å². The highest BCUT2D eigenvalue weighted by Crippen LogP contribution is 2.34. The van der Waals surface area contributed by atoms with Gasteiger partial charge in [-0.2, -0.15) is 0 Å². The molecule has 0 spiro atoms. The lowest BCUT2D eigenvalue weighted by Crippen LogP contribution is -1.97. The summed E-state index contributed by atoms with van der Waals surface area (Å²) in [5, 5.41) is 0. The first-order valence-corrected chi connectivity index (χ1v) is 4.65. The molecular formula is C11H18. The van der Waals surface area contributed by atoms with Crippen LogP contribution < -0.4 is 0 Å². The summed E-state index contributed by atoms with van der Waals surface area (Å²) in [7, 11) is 0.